The molecule has 0 aliphatic heterocycles. The maximum absolute atomic E-state index is 9.65. The van der Waals surface area contributed by atoms with Gasteiger partial charge in [0.1, 0.15) is 12.4 Å². The summed E-state index contributed by atoms with van der Waals surface area (Å²) in [4.78, 5) is 0. The van der Waals surface area contributed by atoms with E-state index in [1.54, 1.807) is 6.92 Å². The van der Waals surface area contributed by atoms with E-state index in [1.807, 2.05) is 6.92 Å². The molecule has 1 atom stereocenters. The van der Waals surface area contributed by atoms with Gasteiger partial charge < -0.3 is 24.1 Å². The molecule has 0 aromatic heterocycles. The Bertz CT molecular complexity index is 822. The van der Waals surface area contributed by atoms with E-state index in [-0.39, 0.29) is 29.1 Å². The van der Waals surface area contributed by atoms with Gasteiger partial charge in [-0.1, -0.05) is 95.3 Å². The molecule has 0 bridgehead atoms. The Kier molecular flexibility index (Phi) is 11.3. The third-order valence-corrected chi connectivity index (χ3v) is 10.9. The van der Waals surface area contributed by atoms with Crippen molar-refractivity contribution >= 4 is 18.7 Å². The second kappa shape index (κ2) is 13.7. The topological polar surface area (TPSA) is 68.2 Å². The van der Waals surface area contributed by atoms with Crippen molar-refractivity contribution in [2.24, 2.45) is 5.92 Å². The predicted molar refractivity (Wildman–Crippen MR) is 142 cm³/mol. The molecule has 0 aliphatic carbocycles. The van der Waals surface area contributed by atoms with E-state index in [9.17, 15) is 10.2 Å². The van der Waals surface area contributed by atoms with Gasteiger partial charge in [-0.3, -0.25) is 0 Å². The van der Waals surface area contributed by atoms with Crippen LogP contribution >= 0.6 is 0 Å². The fourth-order valence-corrected chi connectivity index (χ4v) is 8.73. The van der Waals surface area contributed by atoms with Crippen LogP contribution in [0.4, 0.5) is 0 Å². The van der Waals surface area contributed by atoms with Gasteiger partial charge >= 0.3 is 0 Å². The van der Waals surface area contributed by atoms with Crippen LogP contribution in [-0.4, -0.2) is 51.6 Å². The van der Waals surface area contributed by atoms with Crippen LogP contribution in [0.25, 0.3) is 0 Å². The van der Waals surface area contributed by atoms with Gasteiger partial charge in [0.25, 0.3) is 8.32 Å². The number of ether oxygens (including phenoxy) is 2. The molecule has 0 spiro atoms. The molecule has 0 amide bonds. The first kappa shape index (κ1) is 28.1. The summed E-state index contributed by atoms with van der Waals surface area (Å²) in [6, 6.07) is 21.3. The van der Waals surface area contributed by atoms with Crippen LogP contribution in [0.3, 0.4) is 0 Å². The van der Waals surface area contributed by atoms with E-state index in [4.69, 9.17) is 13.9 Å². The summed E-state index contributed by atoms with van der Waals surface area (Å²) in [5, 5.41) is 21.7. The molecule has 2 aromatic carbocycles. The lowest BCUT2D eigenvalue weighted by molar-refractivity contribution is 0.0400. The summed E-state index contributed by atoms with van der Waals surface area (Å²) in [6.45, 7) is 13.0. The van der Waals surface area contributed by atoms with Crippen molar-refractivity contribution in [1.82, 2.24) is 0 Å². The highest BCUT2D eigenvalue weighted by Crippen LogP contribution is 2.36. The van der Waals surface area contributed by atoms with Gasteiger partial charge in [-0.25, -0.2) is 0 Å². The molecule has 6 heteroatoms. The molecule has 2 N–H and O–H groups in total. The average Bonchev–Trinajstić information content (AvgIpc) is 2.83. The third kappa shape index (κ3) is 7.70. The summed E-state index contributed by atoms with van der Waals surface area (Å²) < 4.78 is 18.2. The van der Waals surface area contributed by atoms with Gasteiger partial charge in [-0.2, -0.15) is 0 Å². The van der Waals surface area contributed by atoms with Crippen molar-refractivity contribution in [1.29, 1.82) is 0 Å². The van der Waals surface area contributed by atoms with Gasteiger partial charge in [0.15, 0.2) is 5.76 Å². The quantitative estimate of drug-likeness (QED) is 0.214. The number of rotatable bonds is 14. The Balaban J connectivity index is 1.90. The van der Waals surface area contributed by atoms with E-state index in [1.165, 1.54) is 10.4 Å². The zero-order chi connectivity index (χ0) is 25.0. The van der Waals surface area contributed by atoms with Crippen molar-refractivity contribution in [2.45, 2.75) is 52.5 Å². The van der Waals surface area contributed by atoms with Crippen LogP contribution in [0, 0.1) is 5.92 Å². The summed E-state index contributed by atoms with van der Waals surface area (Å²) >= 11 is 0. The fraction of sp³-hybridized carbons (Fsp3) is 0.500. The Morgan fingerprint density at radius 3 is 1.85 bits per heavy atom. The molecular formula is C28H42O5Si. The molecule has 5 nitrogen and oxygen atoms in total. The van der Waals surface area contributed by atoms with E-state index >= 15 is 0 Å². The first-order valence-corrected chi connectivity index (χ1v) is 14.1. The summed E-state index contributed by atoms with van der Waals surface area (Å²) in [5.74, 6) is 0.0649. The van der Waals surface area contributed by atoms with Crippen LogP contribution in [-0.2, 0) is 13.9 Å². The van der Waals surface area contributed by atoms with Crippen molar-refractivity contribution in [3.63, 3.8) is 0 Å². The van der Waals surface area contributed by atoms with Crippen LogP contribution in [0.15, 0.2) is 72.2 Å². The van der Waals surface area contributed by atoms with Gasteiger partial charge in [0.05, 0.1) is 13.2 Å². The van der Waals surface area contributed by atoms with E-state index in [0.717, 1.165) is 6.42 Å². The summed E-state index contributed by atoms with van der Waals surface area (Å²) in [7, 11) is -2.50. The fourth-order valence-electron chi connectivity index (χ4n) is 4.12. The molecule has 0 saturated carbocycles. The minimum Gasteiger partial charge on any atom is -0.509 e. The first-order chi connectivity index (χ1) is 16.2. The highest BCUT2D eigenvalue weighted by atomic mass is 28.4. The van der Waals surface area contributed by atoms with E-state index in [0.29, 0.717) is 32.8 Å². The number of benzene rings is 2. The SMILES string of the molecule is CC/C(O)=C(/O)COCC(C)COCCCO[Si](c1ccccc1)(c1ccccc1)C(C)(C)C. The molecular weight excluding hydrogens is 444 g/mol. The van der Waals surface area contributed by atoms with Crippen molar-refractivity contribution in [3.8, 4) is 0 Å². The third-order valence-electron chi connectivity index (χ3n) is 5.88. The number of aliphatic hydroxyl groups excluding tert-OH is 2. The zero-order valence-electron chi connectivity index (χ0n) is 21.4. The number of allylic oxidation sites excluding steroid dienone is 1. The smallest absolute Gasteiger partial charge is 0.261 e. The lowest BCUT2D eigenvalue weighted by Gasteiger charge is -2.43. The lowest BCUT2D eigenvalue weighted by Crippen LogP contribution is -2.66. The highest BCUT2D eigenvalue weighted by molar-refractivity contribution is 6.99. The Hall–Kier alpha value is -2.12. The predicted octanol–water partition coefficient (Wildman–Crippen LogP) is 5.36. The average molecular weight is 487 g/mol. The van der Waals surface area contributed by atoms with Gasteiger partial charge in [0, 0.05) is 25.6 Å². The standard InChI is InChI=1S/C28H42O5Si/c1-6-26(29)27(30)22-32-21-23(2)20-31-18-13-19-33-34(28(3,4)5,24-14-9-7-10-15-24)25-16-11-8-12-17-25/h7-12,14-17,23,29-30H,6,13,18-22H2,1-5H3/b27-26-. The Morgan fingerprint density at radius 1 is 0.824 bits per heavy atom. The Labute approximate surface area is 206 Å². The minimum atomic E-state index is -2.50. The molecule has 0 fully saturated rings. The number of hydrogen-bond acceptors (Lipinski definition) is 5. The molecule has 1 unspecified atom stereocenters. The second-order valence-corrected chi connectivity index (χ2v) is 14.1. The van der Waals surface area contributed by atoms with Crippen molar-refractivity contribution in [2.75, 3.05) is 33.0 Å². The van der Waals surface area contributed by atoms with Crippen LogP contribution in [0.5, 0.6) is 0 Å². The maximum Gasteiger partial charge on any atom is 0.261 e. The summed E-state index contributed by atoms with van der Waals surface area (Å²) in [5.41, 5.74) is 0. The maximum atomic E-state index is 9.65. The molecule has 188 valence electrons. The largest absolute Gasteiger partial charge is 0.509 e. The van der Waals surface area contributed by atoms with Crippen LogP contribution in [0.1, 0.15) is 47.5 Å². The van der Waals surface area contributed by atoms with Crippen LogP contribution in [0.2, 0.25) is 5.04 Å². The molecule has 2 rings (SSSR count). The minimum absolute atomic E-state index is 0.0233. The summed E-state index contributed by atoms with van der Waals surface area (Å²) in [6.07, 6.45) is 1.20. The van der Waals surface area contributed by atoms with E-state index in [2.05, 4.69) is 81.4 Å². The van der Waals surface area contributed by atoms with Crippen molar-refractivity contribution in [3.05, 3.63) is 72.2 Å². The zero-order valence-corrected chi connectivity index (χ0v) is 22.4. The normalized spacial score (nSPS) is 14.0. The molecule has 0 aliphatic rings. The molecule has 2 aromatic rings. The molecule has 0 radical (unpaired) electrons. The van der Waals surface area contributed by atoms with Crippen molar-refractivity contribution < 1.29 is 24.1 Å². The first-order valence-electron chi connectivity index (χ1n) is 12.2. The van der Waals surface area contributed by atoms with E-state index < -0.39 is 8.32 Å². The monoisotopic (exact) mass is 486 g/mol. The second-order valence-electron chi connectivity index (χ2n) is 9.81. The van der Waals surface area contributed by atoms with Crippen LogP contribution < -0.4 is 10.4 Å². The van der Waals surface area contributed by atoms with Gasteiger partial charge in [-0.15, -0.1) is 0 Å². The molecule has 0 saturated heterocycles. The molecule has 0 heterocycles. The number of hydrogen-bond donors (Lipinski definition) is 2. The van der Waals surface area contributed by atoms with Gasteiger partial charge in [0.2, 0.25) is 0 Å². The molecule has 34 heavy (non-hydrogen) atoms. The van der Waals surface area contributed by atoms with Gasteiger partial charge in [-0.05, 0) is 21.8 Å². The number of aliphatic hydroxyl groups is 2. The Morgan fingerprint density at radius 2 is 1.35 bits per heavy atom. The lowest BCUT2D eigenvalue weighted by atomic mass is 10.2. The highest BCUT2D eigenvalue weighted by Gasteiger charge is 2.49.